The Morgan fingerprint density at radius 2 is 1.53 bits per heavy atom. The first-order chi connectivity index (χ1) is 16.0. The van der Waals surface area contributed by atoms with Gasteiger partial charge in [-0.25, -0.2) is 18.1 Å². The van der Waals surface area contributed by atoms with E-state index >= 15 is 0 Å². The third kappa shape index (κ3) is 5.95. The van der Waals surface area contributed by atoms with Crippen molar-refractivity contribution in [2.24, 2.45) is 0 Å². The Bertz CT molecular complexity index is 1110. The molecule has 0 unspecified atom stereocenters. The lowest BCUT2D eigenvalue weighted by Crippen LogP contribution is -2.44. The molecule has 0 spiro atoms. The highest BCUT2D eigenvalue weighted by molar-refractivity contribution is 7.89. The number of nitrogens with zero attached hydrogens (tertiary/aromatic N) is 3. The van der Waals surface area contributed by atoms with Crippen LogP contribution in [-0.2, 0) is 21.4 Å². The van der Waals surface area contributed by atoms with E-state index < -0.39 is 10.0 Å². The number of carbonyl (C=O) groups is 1. The third-order valence-electron chi connectivity index (χ3n) is 6.97. The Labute approximate surface area is 203 Å². The van der Waals surface area contributed by atoms with Gasteiger partial charge in [-0.15, -0.1) is 0 Å². The van der Waals surface area contributed by atoms with Gasteiger partial charge in [-0.2, -0.15) is 0 Å². The van der Waals surface area contributed by atoms with Gasteiger partial charge in [0.1, 0.15) is 5.82 Å². The number of likely N-dealkylation sites (N-methyl/N-ethyl adjacent to an activating group) is 1. The maximum atomic E-state index is 13.0. The molecule has 1 aromatic carbocycles. The number of sulfonamides is 1. The molecule has 186 valence electrons. The first kappa shape index (κ1) is 26.1. The average molecular weight is 488 g/mol. The van der Waals surface area contributed by atoms with E-state index in [2.05, 4.69) is 31.9 Å². The summed E-state index contributed by atoms with van der Waals surface area (Å²) >= 11 is 0. The highest BCUT2D eigenvalue weighted by atomic mass is 32.2. The summed E-state index contributed by atoms with van der Waals surface area (Å²) in [6.45, 7) is 13.9. The van der Waals surface area contributed by atoms with E-state index in [1.165, 1.54) is 0 Å². The molecule has 1 aliphatic rings. The number of piperazine rings is 1. The number of rotatable bonds is 8. The molecule has 3 rings (SSSR count). The second-order valence-corrected chi connectivity index (χ2v) is 10.9. The zero-order valence-corrected chi connectivity index (χ0v) is 22.0. The topological polar surface area (TPSA) is 94.6 Å². The number of aromatic nitrogens is 1. The summed E-state index contributed by atoms with van der Waals surface area (Å²) in [4.78, 5) is 21.7. The lowest BCUT2D eigenvalue weighted by Gasteiger charge is -2.33. The molecule has 0 saturated carbocycles. The van der Waals surface area contributed by atoms with Gasteiger partial charge in [-0.1, -0.05) is 6.07 Å². The molecule has 2 N–H and O–H groups in total. The molecule has 0 bridgehead atoms. The Kier molecular flexibility index (Phi) is 8.33. The number of pyridine rings is 1. The Balaban J connectivity index is 1.50. The number of benzene rings is 1. The summed E-state index contributed by atoms with van der Waals surface area (Å²) in [6, 6.07) is 3.95. The van der Waals surface area contributed by atoms with Crippen molar-refractivity contribution in [3.8, 4) is 0 Å². The van der Waals surface area contributed by atoms with Crippen molar-refractivity contribution < 1.29 is 13.2 Å². The zero-order valence-electron chi connectivity index (χ0n) is 21.2. The molecule has 1 aromatic heterocycles. The van der Waals surface area contributed by atoms with E-state index in [-0.39, 0.29) is 18.9 Å². The van der Waals surface area contributed by atoms with Crippen molar-refractivity contribution in [2.45, 2.75) is 52.5 Å². The van der Waals surface area contributed by atoms with Crippen LogP contribution in [0.2, 0.25) is 0 Å². The minimum Gasteiger partial charge on any atom is -0.354 e. The molecular weight excluding hydrogens is 450 g/mol. The van der Waals surface area contributed by atoms with Gasteiger partial charge in [-0.3, -0.25) is 4.79 Å². The van der Waals surface area contributed by atoms with Crippen molar-refractivity contribution in [3.63, 3.8) is 0 Å². The van der Waals surface area contributed by atoms with Crippen LogP contribution in [-0.4, -0.2) is 64.0 Å². The monoisotopic (exact) mass is 487 g/mol. The van der Waals surface area contributed by atoms with Crippen LogP contribution in [0.1, 0.15) is 39.8 Å². The summed E-state index contributed by atoms with van der Waals surface area (Å²) in [6.07, 6.45) is 1.85. The first-order valence-electron chi connectivity index (χ1n) is 11.7. The van der Waals surface area contributed by atoms with E-state index in [0.717, 1.165) is 65.4 Å². The number of hydrogen-bond acceptors (Lipinski definition) is 6. The van der Waals surface area contributed by atoms with Crippen molar-refractivity contribution in [2.75, 3.05) is 44.7 Å². The maximum absolute atomic E-state index is 13.0. The van der Waals surface area contributed by atoms with E-state index in [4.69, 9.17) is 0 Å². The van der Waals surface area contributed by atoms with Crippen molar-refractivity contribution in [3.05, 3.63) is 51.7 Å². The van der Waals surface area contributed by atoms with Crippen LogP contribution in [0.3, 0.4) is 0 Å². The van der Waals surface area contributed by atoms with Crippen molar-refractivity contribution in [1.82, 2.24) is 19.9 Å². The number of amides is 1. The fraction of sp³-hybridized carbons (Fsp3) is 0.520. The second-order valence-electron chi connectivity index (χ2n) is 9.19. The molecule has 8 nitrogen and oxygen atoms in total. The van der Waals surface area contributed by atoms with Gasteiger partial charge in [0.2, 0.25) is 15.9 Å². The quantitative estimate of drug-likeness (QED) is 0.594. The van der Waals surface area contributed by atoms with E-state index in [9.17, 15) is 13.2 Å². The van der Waals surface area contributed by atoms with Gasteiger partial charge >= 0.3 is 0 Å². The minimum atomic E-state index is -3.71. The molecule has 2 aromatic rings. The van der Waals surface area contributed by atoms with Gasteiger partial charge < -0.3 is 15.1 Å². The summed E-state index contributed by atoms with van der Waals surface area (Å²) < 4.78 is 28.5. The molecule has 9 heteroatoms. The standard InChI is InChI=1S/C25H37N5O3S/c1-17-18(2)20(4)25(21(5)19(17)3)34(32,33)28-10-9-24(31)27-16-22-7-8-23(26-15-22)30-13-11-29(6)12-14-30/h7-8,15,28H,9-14,16H2,1-6H3,(H,27,31). The molecule has 34 heavy (non-hydrogen) atoms. The van der Waals surface area contributed by atoms with Crippen LogP contribution in [0.15, 0.2) is 23.2 Å². The lowest BCUT2D eigenvalue weighted by molar-refractivity contribution is -0.121. The highest BCUT2D eigenvalue weighted by Crippen LogP contribution is 2.29. The van der Waals surface area contributed by atoms with Crippen LogP contribution in [0.25, 0.3) is 0 Å². The normalized spacial score (nSPS) is 14.9. The largest absolute Gasteiger partial charge is 0.354 e. The molecule has 2 heterocycles. The molecule has 1 fully saturated rings. The van der Waals surface area contributed by atoms with Gasteiger partial charge in [0.05, 0.1) is 4.90 Å². The summed E-state index contributed by atoms with van der Waals surface area (Å²) in [5.41, 5.74) is 5.49. The molecule has 0 aliphatic carbocycles. The second kappa shape index (κ2) is 10.8. The number of hydrogen-bond donors (Lipinski definition) is 2. The van der Waals surface area contributed by atoms with Crippen LogP contribution in [0.5, 0.6) is 0 Å². The fourth-order valence-electron chi connectivity index (χ4n) is 4.27. The van der Waals surface area contributed by atoms with E-state index in [0.29, 0.717) is 11.4 Å². The number of carbonyl (C=O) groups excluding carboxylic acids is 1. The van der Waals surface area contributed by atoms with Crippen LogP contribution in [0, 0.1) is 34.6 Å². The van der Waals surface area contributed by atoms with Gasteiger partial charge in [0.15, 0.2) is 0 Å². The lowest BCUT2D eigenvalue weighted by atomic mass is 9.95. The van der Waals surface area contributed by atoms with Crippen LogP contribution < -0.4 is 14.9 Å². The molecule has 1 aliphatic heterocycles. The minimum absolute atomic E-state index is 0.0413. The van der Waals surface area contributed by atoms with Gasteiger partial charge in [0.25, 0.3) is 0 Å². The molecule has 0 atom stereocenters. The molecule has 0 radical (unpaired) electrons. The predicted molar refractivity (Wildman–Crippen MR) is 136 cm³/mol. The van der Waals surface area contributed by atoms with Crippen molar-refractivity contribution in [1.29, 1.82) is 0 Å². The number of nitrogens with one attached hydrogen (secondary N) is 2. The molecule has 1 saturated heterocycles. The smallest absolute Gasteiger partial charge is 0.241 e. The first-order valence-corrected chi connectivity index (χ1v) is 13.2. The maximum Gasteiger partial charge on any atom is 0.241 e. The SMILES string of the molecule is Cc1c(C)c(C)c(S(=O)(=O)NCCC(=O)NCc2ccc(N3CCN(C)CC3)nc2)c(C)c1C. The van der Waals surface area contributed by atoms with Gasteiger partial charge in [-0.05, 0) is 81.1 Å². The van der Waals surface area contributed by atoms with Gasteiger partial charge in [0, 0.05) is 51.9 Å². The molecular formula is C25H37N5O3S. The summed E-state index contributed by atoms with van der Waals surface area (Å²) in [7, 11) is -1.59. The predicted octanol–water partition coefficient (Wildman–Crippen LogP) is 2.36. The Morgan fingerprint density at radius 3 is 2.09 bits per heavy atom. The highest BCUT2D eigenvalue weighted by Gasteiger charge is 2.23. The average Bonchev–Trinajstić information content (AvgIpc) is 2.81. The summed E-state index contributed by atoms with van der Waals surface area (Å²) in [5, 5.41) is 2.84. The zero-order chi connectivity index (χ0) is 25.0. The third-order valence-corrected chi connectivity index (χ3v) is 8.70. The van der Waals surface area contributed by atoms with Crippen LogP contribution >= 0.6 is 0 Å². The van der Waals surface area contributed by atoms with E-state index in [1.807, 2.05) is 46.8 Å². The Morgan fingerprint density at radius 1 is 0.941 bits per heavy atom. The molecule has 1 amide bonds. The fourth-order valence-corrected chi connectivity index (χ4v) is 5.90. The Hall–Kier alpha value is -2.49. The van der Waals surface area contributed by atoms with Crippen LogP contribution in [0.4, 0.5) is 5.82 Å². The van der Waals surface area contributed by atoms with Crippen molar-refractivity contribution >= 4 is 21.7 Å². The number of anilines is 1. The summed E-state index contributed by atoms with van der Waals surface area (Å²) in [5.74, 6) is 0.736. The van der Waals surface area contributed by atoms with E-state index in [1.54, 1.807) is 6.20 Å².